The maximum Gasteiger partial charge on any atom is 0.323 e. The average Bonchev–Trinajstić information content (AvgIpc) is 3.39. The highest BCUT2D eigenvalue weighted by atomic mass is 19.1. The van der Waals surface area contributed by atoms with Crippen molar-refractivity contribution in [3.8, 4) is 33.9 Å². The highest BCUT2D eigenvalue weighted by Crippen LogP contribution is 2.32. The maximum atomic E-state index is 13.4. The Kier molecular flexibility index (Phi) is 6.41. The van der Waals surface area contributed by atoms with E-state index in [9.17, 15) is 9.18 Å². The number of hydrogen-bond acceptors (Lipinski definition) is 4. The Balaban J connectivity index is 1.22. The van der Waals surface area contributed by atoms with Crippen molar-refractivity contribution in [3.05, 3.63) is 121 Å². The lowest BCUT2D eigenvalue weighted by Gasteiger charge is -2.13. The van der Waals surface area contributed by atoms with E-state index in [4.69, 9.17) is 4.74 Å². The lowest BCUT2D eigenvalue weighted by Crippen LogP contribution is -2.19. The first kappa shape index (κ1) is 23.9. The molecule has 8 heteroatoms. The minimum atomic E-state index is -0.414. The van der Waals surface area contributed by atoms with Gasteiger partial charge in [-0.1, -0.05) is 54.6 Å². The maximum absolute atomic E-state index is 13.4. The number of fused-ring (bicyclic) bond motifs is 1. The van der Waals surface area contributed by atoms with E-state index in [0.717, 1.165) is 22.1 Å². The summed E-state index contributed by atoms with van der Waals surface area (Å²) in [5.74, 6) is 0.903. The third-order valence-electron chi connectivity index (χ3n) is 6.09. The van der Waals surface area contributed by atoms with Crippen LogP contribution in [-0.2, 0) is 0 Å². The number of para-hydroxylation sites is 3. The number of urea groups is 1. The van der Waals surface area contributed by atoms with Crippen LogP contribution in [0.3, 0.4) is 0 Å². The third kappa shape index (κ3) is 5.30. The number of benzene rings is 4. The van der Waals surface area contributed by atoms with Gasteiger partial charge in [0.15, 0.2) is 11.4 Å². The molecular weight excluding hydrogens is 493 g/mol. The zero-order valence-electron chi connectivity index (χ0n) is 20.6. The normalized spacial score (nSPS) is 10.8. The molecular formula is C31H22FN5O2. The molecule has 0 fully saturated rings. The summed E-state index contributed by atoms with van der Waals surface area (Å²) in [6.45, 7) is 0. The first-order valence-corrected chi connectivity index (χ1v) is 12.2. The number of pyridine rings is 1. The largest absolute Gasteiger partial charge is 0.455 e. The zero-order valence-corrected chi connectivity index (χ0v) is 20.6. The summed E-state index contributed by atoms with van der Waals surface area (Å²) in [5.41, 5.74) is 4.92. The number of ether oxygens (including phenoxy) is 1. The zero-order chi connectivity index (χ0) is 26.6. The molecule has 0 aliphatic heterocycles. The van der Waals surface area contributed by atoms with Crippen LogP contribution in [0.5, 0.6) is 11.5 Å². The van der Waals surface area contributed by atoms with E-state index in [1.54, 1.807) is 36.5 Å². The monoisotopic (exact) mass is 515 g/mol. The Labute approximate surface area is 223 Å². The number of aromatic amines is 1. The van der Waals surface area contributed by atoms with Crippen LogP contribution in [0.25, 0.3) is 33.4 Å². The SMILES string of the molecule is O=C(Nc1cccc(-c2n[nH]c3ncc(-c4ccc(F)cc4)cc23)c1)Nc1ccccc1Oc1ccccc1. The van der Waals surface area contributed by atoms with Crippen LogP contribution in [0, 0.1) is 5.82 Å². The van der Waals surface area contributed by atoms with E-state index in [2.05, 4.69) is 25.8 Å². The van der Waals surface area contributed by atoms with Crippen molar-refractivity contribution in [2.24, 2.45) is 0 Å². The number of carbonyl (C=O) groups excluding carboxylic acids is 1. The number of carbonyl (C=O) groups is 1. The molecule has 0 unspecified atom stereocenters. The fraction of sp³-hybridized carbons (Fsp3) is 0. The van der Waals surface area contributed by atoms with Crippen LogP contribution in [0.4, 0.5) is 20.6 Å². The van der Waals surface area contributed by atoms with Crippen LogP contribution < -0.4 is 15.4 Å². The molecule has 2 aromatic heterocycles. The molecule has 0 aliphatic rings. The topological polar surface area (TPSA) is 91.9 Å². The standard InChI is InChI=1S/C31H22FN5O2/c32-23-15-13-20(14-16-23)22-18-26-29(36-37-30(26)33-19-22)21-7-6-8-24(17-21)34-31(38)35-27-11-4-5-12-28(27)39-25-9-2-1-3-10-25/h1-19H,(H,33,36,37)(H2,34,35,38). The number of H-pyrrole nitrogens is 1. The number of hydrogen-bond donors (Lipinski definition) is 3. The first-order valence-electron chi connectivity index (χ1n) is 12.2. The van der Waals surface area contributed by atoms with Gasteiger partial charge in [0.1, 0.15) is 17.3 Å². The summed E-state index contributed by atoms with van der Waals surface area (Å²) in [6, 6.07) is 31.8. The fourth-order valence-corrected chi connectivity index (χ4v) is 4.23. The summed E-state index contributed by atoms with van der Waals surface area (Å²) in [5, 5.41) is 14.0. The van der Waals surface area contributed by atoms with Crippen molar-refractivity contribution in [2.45, 2.75) is 0 Å². The molecule has 0 atom stereocenters. The fourth-order valence-electron chi connectivity index (χ4n) is 4.23. The Bertz CT molecular complexity index is 1770. The first-order chi connectivity index (χ1) is 19.1. The number of nitrogens with zero attached hydrogens (tertiary/aromatic N) is 2. The van der Waals surface area contributed by atoms with Crippen molar-refractivity contribution < 1.29 is 13.9 Å². The summed E-state index contributed by atoms with van der Waals surface area (Å²) >= 11 is 0. The van der Waals surface area contributed by atoms with Crippen LogP contribution in [0.15, 0.2) is 115 Å². The van der Waals surface area contributed by atoms with Gasteiger partial charge in [-0.2, -0.15) is 5.10 Å². The summed E-state index contributed by atoms with van der Waals surface area (Å²) in [6.07, 6.45) is 1.72. The van der Waals surface area contributed by atoms with Gasteiger partial charge in [0.2, 0.25) is 0 Å². The second-order valence-electron chi connectivity index (χ2n) is 8.77. The van der Waals surface area contributed by atoms with Crippen LogP contribution in [-0.4, -0.2) is 21.2 Å². The molecule has 190 valence electrons. The Morgan fingerprint density at radius 3 is 2.41 bits per heavy atom. The molecule has 39 heavy (non-hydrogen) atoms. The number of amides is 2. The van der Waals surface area contributed by atoms with Crippen molar-refractivity contribution in [2.75, 3.05) is 10.6 Å². The second kappa shape index (κ2) is 10.5. The molecule has 0 saturated heterocycles. The Morgan fingerprint density at radius 1 is 0.769 bits per heavy atom. The Hall–Kier alpha value is -5.50. The average molecular weight is 516 g/mol. The minimum absolute atomic E-state index is 0.294. The van der Waals surface area contributed by atoms with Gasteiger partial charge in [-0.15, -0.1) is 0 Å². The molecule has 0 radical (unpaired) electrons. The van der Waals surface area contributed by atoms with Gasteiger partial charge in [0.25, 0.3) is 0 Å². The van der Waals surface area contributed by atoms with Gasteiger partial charge in [-0.3, -0.25) is 5.10 Å². The molecule has 3 N–H and O–H groups in total. The van der Waals surface area contributed by atoms with Crippen LogP contribution in [0.2, 0.25) is 0 Å². The van der Waals surface area contributed by atoms with Crippen molar-refractivity contribution >= 4 is 28.4 Å². The molecule has 7 nitrogen and oxygen atoms in total. The number of anilines is 2. The molecule has 6 rings (SSSR count). The molecule has 2 heterocycles. The lowest BCUT2D eigenvalue weighted by atomic mass is 10.0. The predicted molar refractivity (Wildman–Crippen MR) is 150 cm³/mol. The van der Waals surface area contributed by atoms with E-state index in [1.165, 1.54) is 12.1 Å². The lowest BCUT2D eigenvalue weighted by molar-refractivity contribution is 0.262. The quantitative estimate of drug-likeness (QED) is 0.210. The number of rotatable bonds is 6. The Morgan fingerprint density at radius 2 is 1.56 bits per heavy atom. The molecule has 2 amide bonds. The number of nitrogens with one attached hydrogen (secondary N) is 3. The molecule has 6 aromatic rings. The summed E-state index contributed by atoms with van der Waals surface area (Å²) < 4.78 is 19.3. The highest BCUT2D eigenvalue weighted by molar-refractivity contribution is 6.01. The van der Waals surface area contributed by atoms with Gasteiger partial charge in [-0.05, 0) is 60.2 Å². The number of halogens is 1. The van der Waals surface area contributed by atoms with Gasteiger partial charge in [-0.25, -0.2) is 14.2 Å². The van der Waals surface area contributed by atoms with Crippen molar-refractivity contribution in [3.63, 3.8) is 0 Å². The minimum Gasteiger partial charge on any atom is -0.455 e. The van der Waals surface area contributed by atoms with Crippen molar-refractivity contribution in [1.82, 2.24) is 15.2 Å². The van der Waals surface area contributed by atoms with Gasteiger partial charge in [0.05, 0.1) is 5.69 Å². The van der Waals surface area contributed by atoms with Gasteiger partial charge >= 0.3 is 6.03 Å². The molecule has 4 aromatic carbocycles. The smallest absolute Gasteiger partial charge is 0.323 e. The van der Waals surface area contributed by atoms with Gasteiger partial charge < -0.3 is 15.4 Å². The summed E-state index contributed by atoms with van der Waals surface area (Å²) in [7, 11) is 0. The molecule has 0 aliphatic carbocycles. The van der Waals surface area contributed by atoms with E-state index in [0.29, 0.717) is 34.2 Å². The van der Waals surface area contributed by atoms with E-state index in [-0.39, 0.29) is 5.82 Å². The summed E-state index contributed by atoms with van der Waals surface area (Å²) in [4.78, 5) is 17.4. The van der Waals surface area contributed by atoms with E-state index >= 15 is 0 Å². The highest BCUT2D eigenvalue weighted by Gasteiger charge is 2.13. The van der Waals surface area contributed by atoms with E-state index in [1.807, 2.05) is 66.7 Å². The van der Waals surface area contributed by atoms with E-state index < -0.39 is 6.03 Å². The van der Waals surface area contributed by atoms with Gasteiger partial charge in [0, 0.05) is 28.4 Å². The van der Waals surface area contributed by atoms with Crippen molar-refractivity contribution in [1.29, 1.82) is 0 Å². The molecule has 0 spiro atoms. The second-order valence-corrected chi connectivity index (χ2v) is 8.77. The third-order valence-corrected chi connectivity index (χ3v) is 6.09. The molecule has 0 saturated carbocycles. The number of aromatic nitrogens is 3. The molecule has 0 bridgehead atoms. The predicted octanol–water partition coefficient (Wildman–Crippen LogP) is 7.87. The van der Waals surface area contributed by atoms with Crippen LogP contribution in [0.1, 0.15) is 0 Å². The van der Waals surface area contributed by atoms with Crippen LogP contribution >= 0.6 is 0 Å².